The van der Waals surface area contributed by atoms with Gasteiger partial charge in [0.05, 0.1) is 5.76 Å². The third kappa shape index (κ3) is 9.68. The van der Waals surface area contributed by atoms with Gasteiger partial charge in [-0.2, -0.15) is 0 Å². The summed E-state index contributed by atoms with van der Waals surface area (Å²) >= 11 is 0. The van der Waals surface area contributed by atoms with Gasteiger partial charge >= 0.3 is 0 Å². The van der Waals surface area contributed by atoms with Crippen LogP contribution in [0.2, 0.25) is 0 Å². The minimum absolute atomic E-state index is 0. The first-order valence-corrected chi connectivity index (χ1v) is 18.3. The van der Waals surface area contributed by atoms with E-state index in [1.807, 2.05) is 33.9 Å². The molecule has 1 N–H and O–H groups in total. The third-order valence-corrected chi connectivity index (χ3v) is 10.1. The van der Waals surface area contributed by atoms with Gasteiger partial charge in [0, 0.05) is 44.2 Å². The number of aliphatic hydroxyl groups is 1. The molecule has 1 aromatic heterocycles. The van der Waals surface area contributed by atoms with Crippen LogP contribution < -0.4 is 0 Å². The van der Waals surface area contributed by atoms with Crippen molar-refractivity contribution >= 4 is 16.6 Å². The molecule has 0 atom stereocenters. The summed E-state index contributed by atoms with van der Waals surface area (Å²) in [5.41, 5.74) is 12.8. The molecule has 1 heterocycles. The largest absolute Gasteiger partial charge is 0.512 e. The molecule has 4 heteroatoms. The van der Waals surface area contributed by atoms with E-state index in [1.54, 1.807) is 0 Å². The van der Waals surface area contributed by atoms with Crippen LogP contribution >= 0.6 is 0 Å². The number of nitrogens with zero attached hydrogens (tertiary/aromatic N) is 1. The molecule has 4 aliphatic carbocycles. The molecule has 4 bridgehead atoms. The molecular formula is C46H52IrNO2-. The van der Waals surface area contributed by atoms with E-state index < -0.39 is 0 Å². The SMILES string of the molecule is CCC(CC)C(=O)/C=C(\O)C(CC)CC.Cc1[c-]c(-c2nccc3cc(-c4cc5ccc4CCc4ccc(cc4)CC5)ccc23)cc(C)c1.[Ir]. The predicted molar refractivity (Wildman–Crippen MR) is 206 cm³/mol. The fourth-order valence-corrected chi connectivity index (χ4v) is 7.07. The fraction of sp³-hybridized carbons (Fsp3) is 0.348. The molecule has 5 aromatic rings. The van der Waals surface area contributed by atoms with Gasteiger partial charge in [-0.3, -0.25) is 4.79 Å². The Morgan fingerprint density at radius 3 is 2.02 bits per heavy atom. The number of ketones is 1. The number of hydrogen-bond donors (Lipinski definition) is 1. The number of allylic oxidation sites excluding steroid dienone is 2. The zero-order valence-electron chi connectivity index (χ0n) is 30.6. The molecule has 0 saturated carbocycles. The number of aromatic nitrogens is 1. The van der Waals surface area contributed by atoms with Gasteiger partial charge < -0.3 is 10.1 Å². The van der Waals surface area contributed by atoms with Crippen LogP contribution in [0, 0.1) is 31.7 Å². The second-order valence-corrected chi connectivity index (χ2v) is 13.7. The zero-order chi connectivity index (χ0) is 34.9. The molecule has 0 aliphatic heterocycles. The first-order valence-electron chi connectivity index (χ1n) is 18.3. The number of carbonyl (C=O) groups is 1. The Bertz CT molecular complexity index is 1900. The van der Waals surface area contributed by atoms with Crippen LogP contribution in [0.5, 0.6) is 0 Å². The molecule has 0 spiro atoms. The van der Waals surface area contributed by atoms with Gasteiger partial charge in [0.25, 0.3) is 0 Å². The predicted octanol–water partition coefficient (Wildman–Crippen LogP) is 11.7. The van der Waals surface area contributed by atoms with Gasteiger partial charge in [-0.25, -0.2) is 0 Å². The van der Waals surface area contributed by atoms with E-state index in [0.717, 1.165) is 68.2 Å². The van der Waals surface area contributed by atoms with E-state index >= 15 is 0 Å². The number of benzene rings is 4. The van der Waals surface area contributed by atoms with Crippen molar-refractivity contribution < 1.29 is 30.0 Å². The van der Waals surface area contributed by atoms with Gasteiger partial charge in [0.1, 0.15) is 0 Å². The number of rotatable bonds is 9. The summed E-state index contributed by atoms with van der Waals surface area (Å²) in [5, 5.41) is 12.2. The quantitative estimate of drug-likeness (QED) is 0.0914. The van der Waals surface area contributed by atoms with Crippen molar-refractivity contribution in [3.05, 3.63) is 136 Å². The van der Waals surface area contributed by atoms with Crippen LogP contribution in [0.15, 0.2) is 96.9 Å². The van der Waals surface area contributed by atoms with E-state index in [-0.39, 0.29) is 43.5 Å². The maximum absolute atomic E-state index is 11.7. The van der Waals surface area contributed by atoms with E-state index in [9.17, 15) is 9.90 Å². The van der Waals surface area contributed by atoms with Gasteiger partial charge in [-0.05, 0) is 113 Å². The van der Waals surface area contributed by atoms with E-state index in [0.29, 0.717) is 0 Å². The fourth-order valence-electron chi connectivity index (χ4n) is 7.07. The molecule has 0 fully saturated rings. The molecular weight excluding hydrogens is 791 g/mol. The zero-order valence-corrected chi connectivity index (χ0v) is 33.0. The average molecular weight is 843 g/mol. The van der Waals surface area contributed by atoms with Crippen LogP contribution in [-0.2, 0) is 50.6 Å². The van der Waals surface area contributed by atoms with Crippen molar-refractivity contribution in [2.45, 2.75) is 92.9 Å². The van der Waals surface area contributed by atoms with Gasteiger partial charge in [-0.15, -0.1) is 34.9 Å². The second-order valence-electron chi connectivity index (χ2n) is 13.7. The maximum atomic E-state index is 11.7. The number of aliphatic hydroxyl groups excluding tert-OH is 1. The van der Waals surface area contributed by atoms with Crippen molar-refractivity contribution in [2.75, 3.05) is 0 Å². The van der Waals surface area contributed by atoms with Crippen molar-refractivity contribution in [3.63, 3.8) is 0 Å². The molecule has 4 aliphatic rings. The maximum Gasteiger partial charge on any atom is 0.162 e. The van der Waals surface area contributed by atoms with E-state index in [2.05, 4.69) is 98.8 Å². The van der Waals surface area contributed by atoms with Crippen molar-refractivity contribution in [1.82, 2.24) is 4.98 Å². The Balaban J connectivity index is 0.000000301. The minimum Gasteiger partial charge on any atom is -0.512 e. The second kappa shape index (κ2) is 18.4. The first-order chi connectivity index (χ1) is 23.7. The Labute approximate surface area is 313 Å². The van der Waals surface area contributed by atoms with Crippen LogP contribution in [0.4, 0.5) is 0 Å². The molecule has 0 amide bonds. The van der Waals surface area contributed by atoms with Crippen LogP contribution in [0.1, 0.15) is 86.8 Å². The normalized spacial score (nSPS) is 12.7. The summed E-state index contributed by atoms with van der Waals surface area (Å²) in [5.74, 6) is 0.547. The number of fused-ring (bicyclic) bond motifs is 1. The summed E-state index contributed by atoms with van der Waals surface area (Å²) in [6.07, 6.45) is 11.1. The first kappa shape index (κ1) is 38.9. The van der Waals surface area contributed by atoms with Crippen LogP contribution in [0.3, 0.4) is 0 Å². The molecule has 1 radical (unpaired) electrons. The smallest absolute Gasteiger partial charge is 0.162 e. The van der Waals surface area contributed by atoms with Crippen LogP contribution in [0.25, 0.3) is 33.2 Å². The van der Waals surface area contributed by atoms with Gasteiger partial charge in [0.2, 0.25) is 0 Å². The number of carbonyl (C=O) groups excluding carboxylic acids is 1. The molecule has 9 rings (SSSR count). The Morgan fingerprint density at radius 2 is 1.38 bits per heavy atom. The van der Waals surface area contributed by atoms with Gasteiger partial charge in [-0.1, -0.05) is 96.1 Å². The number of hydrogen-bond acceptors (Lipinski definition) is 3. The van der Waals surface area contributed by atoms with Crippen molar-refractivity contribution in [1.29, 1.82) is 0 Å². The Morgan fingerprint density at radius 1 is 0.760 bits per heavy atom. The summed E-state index contributed by atoms with van der Waals surface area (Å²) < 4.78 is 0. The summed E-state index contributed by atoms with van der Waals surface area (Å²) in [4.78, 5) is 16.5. The molecule has 4 aromatic carbocycles. The Kier molecular flexibility index (Phi) is 14.3. The van der Waals surface area contributed by atoms with Crippen molar-refractivity contribution in [2.24, 2.45) is 11.8 Å². The van der Waals surface area contributed by atoms with Gasteiger partial charge in [0.15, 0.2) is 5.78 Å². The average Bonchev–Trinajstić information content (AvgIpc) is 3.10. The number of aryl methyl sites for hydroxylation is 6. The molecule has 263 valence electrons. The molecule has 0 unspecified atom stereocenters. The Hall–Kier alpha value is -3.85. The van der Waals surface area contributed by atoms with E-state index in [4.69, 9.17) is 4.98 Å². The summed E-state index contributed by atoms with van der Waals surface area (Å²) in [6, 6.07) is 33.1. The van der Waals surface area contributed by atoms with Crippen molar-refractivity contribution in [3.8, 4) is 22.4 Å². The third-order valence-electron chi connectivity index (χ3n) is 10.1. The summed E-state index contributed by atoms with van der Waals surface area (Å²) in [7, 11) is 0. The molecule has 0 saturated heterocycles. The monoisotopic (exact) mass is 843 g/mol. The molecule has 50 heavy (non-hydrogen) atoms. The number of pyridine rings is 1. The topological polar surface area (TPSA) is 50.2 Å². The van der Waals surface area contributed by atoms with Crippen LogP contribution in [-0.4, -0.2) is 15.9 Å². The molecule has 3 nitrogen and oxygen atoms in total. The van der Waals surface area contributed by atoms with E-state index in [1.165, 1.54) is 55.8 Å². The minimum atomic E-state index is 0. The summed E-state index contributed by atoms with van der Waals surface area (Å²) in [6.45, 7) is 12.3. The standard InChI is InChI=1S/C33H28N.C13H24O2.Ir/c1-22-17-23(2)19-30(18-22)33-31-14-13-28(21-29(31)15-16-34-33)32-20-26-8-7-24-3-5-25(6-4-24)9-11-27(32)12-10-26;1-5-10(6-2)12(14)9-13(15)11(7-3)8-4;/h3-6,10,12-18,20-21H,7-9,11H2,1-2H3;9-11,14H,5-8H2,1-4H3;/q-1;;/b;12-9-;.